The van der Waals surface area contributed by atoms with Crippen LogP contribution in [0.1, 0.15) is 23.0 Å². The second kappa shape index (κ2) is 5.04. The van der Waals surface area contributed by atoms with Crippen molar-refractivity contribution in [2.75, 3.05) is 13.1 Å². The van der Waals surface area contributed by atoms with Gasteiger partial charge in [-0.2, -0.15) is 0 Å². The molecule has 5 nitrogen and oxygen atoms in total. The number of hydrogen-bond donors (Lipinski definition) is 1. The molecule has 1 atom stereocenters. The first-order valence-electron chi connectivity index (χ1n) is 6.75. The third-order valence-electron chi connectivity index (χ3n) is 4.00. The van der Waals surface area contributed by atoms with Gasteiger partial charge in [0.25, 0.3) is 5.91 Å². The van der Waals surface area contributed by atoms with Crippen LogP contribution >= 0.6 is 11.3 Å². The van der Waals surface area contributed by atoms with Gasteiger partial charge >= 0.3 is 5.97 Å². The summed E-state index contributed by atoms with van der Waals surface area (Å²) in [7, 11) is 0. The van der Waals surface area contributed by atoms with Crippen molar-refractivity contribution in [1.82, 2.24) is 9.47 Å². The standard InChI is InChI=1S/C15H16N2O3S/c1-15(14(19)20)5-8-17(10-15)13(18)12-11(4-9-21-12)16-6-2-3-7-16/h2-4,6-7,9H,5,8,10H2,1H3,(H,19,20). The first kappa shape index (κ1) is 13.9. The smallest absolute Gasteiger partial charge is 0.311 e. The minimum absolute atomic E-state index is 0.0846. The summed E-state index contributed by atoms with van der Waals surface area (Å²) in [5.74, 6) is -0.923. The number of carbonyl (C=O) groups excluding carboxylic acids is 1. The summed E-state index contributed by atoms with van der Waals surface area (Å²) in [5, 5.41) is 11.2. The van der Waals surface area contributed by atoms with Gasteiger partial charge in [0.2, 0.25) is 0 Å². The van der Waals surface area contributed by atoms with Crippen LogP contribution < -0.4 is 0 Å². The normalized spacial score (nSPS) is 21.7. The molecule has 0 aromatic carbocycles. The van der Waals surface area contributed by atoms with Gasteiger partial charge in [-0.3, -0.25) is 9.59 Å². The van der Waals surface area contributed by atoms with Gasteiger partial charge in [-0.05, 0) is 36.9 Å². The highest BCUT2D eigenvalue weighted by molar-refractivity contribution is 7.12. The fourth-order valence-electron chi connectivity index (χ4n) is 2.61. The molecule has 21 heavy (non-hydrogen) atoms. The summed E-state index contributed by atoms with van der Waals surface area (Å²) < 4.78 is 1.90. The van der Waals surface area contributed by atoms with Crippen molar-refractivity contribution in [3.63, 3.8) is 0 Å². The quantitative estimate of drug-likeness (QED) is 0.947. The topological polar surface area (TPSA) is 62.5 Å². The largest absolute Gasteiger partial charge is 0.481 e. The van der Waals surface area contributed by atoms with E-state index in [-0.39, 0.29) is 12.5 Å². The average molecular weight is 304 g/mol. The Morgan fingerprint density at radius 2 is 2.05 bits per heavy atom. The molecule has 6 heteroatoms. The lowest BCUT2D eigenvalue weighted by atomic mass is 9.90. The number of hydrogen-bond acceptors (Lipinski definition) is 3. The van der Waals surface area contributed by atoms with Crippen LogP contribution in [-0.4, -0.2) is 39.5 Å². The van der Waals surface area contributed by atoms with Crippen molar-refractivity contribution < 1.29 is 14.7 Å². The van der Waals surface area contributed by atoms with Crippen molar-refractivity contribution in [2.45, 2.75) is 13.3 Å². The summed E-state index contributed by atoms with van der Waals surface area (Å²) in [5.41, 5.74) is 0.0134. The summed E-state index contributed by atoms with van der Waals surface area (Å²) in [6, 6.07) is 5.72. The van der Waals surface area contributed by atoms with E-state index in [9.17, 15) is 14.7 Å². The molecule has 1 N–H and O–H groups in total. The first-order chi connectivity index (χ1) is 10.0. The van der Waals surface area contributed by atoms with E-state index in [4.69, 9.17) is 0 Å². The molecule has 1 aliphatic rings. The lowest BCUT2D eigenvalue weighted by molar-refractivity contribution is -0.147. The number of carboxylic acids is 1. The van der Waals surface area contributed by atoms with Gasteiger partial charge in [0, 0.05) is 25.5 Å². The van der Waals surface area contributed by atoms with E-state index in [0.717, 1.165) is 5.69 Å². The van der Waals surface area contributed by atoms with Gasteiger partial charge in [0.05, 0.1) is 11.1 Å². The van der Waals surface area contributed by atoms with Gasteiger partial charge in [-0.15, -0.1) is 11.3 Å². The van der Waals surface area contributed by atoms with Crippen LogP contribution in [0.15, 0.2) is 36.0 Å². The third-order valence-corrected chi connectivity index (χ3v) is 4.89. The van der Waals surface area contributed by atoms with E-state index < -0.39 is 11.4 Å². The molecule has 0 spiro atoms. The Morgan fingerprint density at radius 3 is 2.67 bits per heavy atom. The zero-order chi connectivity index (χ0) is 15.0. The van der Waals surface area contributed by atoms with Crippen LogP contribution in [0.3, 0.4) is 0 Å². The Hall–Kier alpha value is -2.08. The summed E-state index contributed by atoms with van der Waals surface area (Å²) >= 11 is 1.39. The average Bonchev–Trinajstić information content (AvgIpc) is 3.18. The van der Waals surface area contributed by atoms with Gasteiger partial charge in [-0.25, -0.2) is 0 Å². The maximum absolute atomic E-state index is 12.7. The maximum Gasteiger partial charge on any atom is 0.311 e. The Kier molecular flexibility index (Phi) is 3.33. The Labute approximate surface area is 126 Å². The maximum atomic E-state index is 12.7. The van der Waals surface area contributed by atoms with Crippen LogP contribution in [0.4, 0.5) is 0 Å². The summed E-state index contributed by atoms with van der Waals surface area (Å²) in [4.78, 5) is 26.3. The molecule has 1 aliphatic heterocycles. The summed E-state index contributed by atoms with van der Waals surface area (Å²) in [6.45, 7) is 2.46. The molecule has 0 bridgehead atoms. The van der Waals surface area contributed by atoms with E-state index in [2.05, 4.69) is 0 Å². The van der Waals surface area contributed by atoms with Crippen molar-refractivity contribution in [2.24, 2.45) is 5.41 Å². The molecule has 3 heterocycles. The predicted octanol–water partition coefficient (Wildman–Crippen LogP) is 2.48. The minimum atomic E-state index is -0.838. The van der Waals surface area contributed by atoms with E-state index >= 15 is 0 Å². The second-order valence-electron chi connectivity index (χ2n) is 5.57. The van der Waals surface area contributed by atoms with Crippen molar-refractivity contribution in [1.29, 1.82) is 0 Å². The van der Waals surface area contributed by atoms with Crippen LogP contribution in [0, 0.1) is 5.41 Å². The second-order valence-corrected chi connectivity index (χ2v) is 6.48. The molecule has 1 fully saturated rings. The number of carboxylic acid groups (broad SMARTS) is 1. The SMILES string of the molecule is CC1(C(=O)O)CCN(C(=O)c2sccc2-n2cccc2)C1. The van der Waals surface area contributed by atoms with Gasteiger partial charge < -0.3 is 14.6 Å². The van der Waals surface area contributed by atoms with Crippen LogP contribution in [-0.2, 0) is 4.79 Å². The fraction of sp³-hybridized carbons (Fsp3) is 0.333. The number of carbonyl (C=O) groups is 2. The van der Waals surface area contributed by atoms with Crippen LogP contribution in [0.2, 0.25) is 0 Å². The van der Waals surface area contributed by atoms with Crippen molar-refractivity contribution in [3.8, 4) is 5.69 Å². The highest BCUT2D eigenvalue weighted by atomic mass is 32.1. The molecule has 2 aromatic heterocycles. The van der Waals surface area contributed by atoms with E-state index in [0.29, 0.717) is 17.8 Å². The van der Waals surface area contributed by atoms with E-state index in [1.165, 1.54) is 11.3 Å². The molecule has 0 aliphatic carbocycles. The summed E-state index contributed by atoms with van der Waals surface area (Å²) in [6.07, 6.45) is 4.28. The third kappa shape index (κ3) is 2.35. The Morgan fingerprint density at radius 1 is 1.33 bits per heavy atom. The molecule has 2 aromatic rings. The molecule has 110 valence electrons. The molecule has 0 radical (unpaired) electrons. The molecular weight excluding hydrogens is 288 g/mol. The zero-order valence-corrected chi connectivity index (χ0v) is 12.5. The fourth-order valence-corrected chi connectivity index (χ4v) is 3.47. The van der Waals surface area contributed by atoms with Crippen molar-refractivity contribution in [3.05, 3.63) is 40.8 Å². The van der Waals surface area contributed by atoms with Gasteiger partial charge in [-0.1, -0.05) is 0 Å². The molecule has 1 amide bonds. The number of thiophene rings is 1. The Balaban J connectivity index is 1.85. The van der Waals surface area contributed by atoms with Gasteiger partial charge in [0.15, 0.2) is 0 Å². The Bertz CT molecular complexity index is 677. The number of aromatic nitrogens is 1. The number of amides is 1. The van der Waals surface area contributed by atoms with Crippen molar-refractivity contribution >= 4 is 23.2 Å². The monoisotopic (exact) mass is 304 g/mol. The minimum Gasteiger partial charge on any atom is -0.481 e. The molecule has 1 saturated heterocycles. The van der Waals surface area contributed by atoms with E-state index in [1.807, 2.05) is 40.5 Å². The van der Waals surface area contributed by atoms with Crippen LogP contribution in [0.25, 0.3) is 5.69 Å². The molecular formula is C15H16N2O3S. The number of rotatable bonds is 3. The predicted molar refractivity (Wildman–Crippen MR) is 79.9 cm³/mol. The molecule has 1 unspecified atom stereocenters. The highest BCUT2D eigenvalue weighted by Gasteiger charge is 2.42. The molecule has 3 rings (SSSR count). The lowest BCUT2D eigenvalue weighted by Gasteiger charge is -2.20. The number of aliphatic carboxylic acids is 1. The number of likely N-dealkylation sites (tertiary alicyclic amines) is 1. The van der Waals surface area contributed by atoms with Crippen LogP contribution in [0.5, 0.6) is 0 Å². The highest BCUT2D eigenvalue weighted by Crippen LogP contribution is 2.32. The van der Waals surface area contributed by atoms with E-state index in [1.54, 1.807) is 11.8 Å². The zero-order valence-electron chi connectivity index (χ0n) is 11.7. The first-order valence-corrected chi connectivity index (χ1v) is 7.63. The molecule has 0 saturated carbocycles. The number of nitrogens with zero attached hydrogens (tertiary/aromatic N) is 2. The van der Waals surface area contributed by atoms with Gasteiger partial charge in [0.1, 0.15) is 4.88 Å². The lowest BCUT2D eigenvalue weighted by Crippen LogP contribution is -2.34.